The highest BCUT2D eigenvalue weighted by molar-refractivity contribution is 6.02. The Morgan fingerprint density at radius 3 is 2.45 bits per heavy atom. The minimum Gasteiger partial charge on any atom is -0.493 e. The van der Waals surface area contributed by atoms with E-state index >= 15 is 0 Å². The van der Waals surface area contributed by atoms with Crippen LogP contribution in [0.15, 0.2) is 42.5 Å². The fourth-order valence-corrected chi connectivity index (χ4v) is 5.16. The smallest absolute Gasteiger partial charge is 0.166 e. The van der Waals surface area contributed by atoms with Gasteiger partial charge in [0.1, 0.15) is 0 Å². The van der Waals surface area contributed by atoms with Crippen molar-refractivity contribution in [2.24, 2.45) is 17.8 Å². The summed E-state index contributed by atoms with van der Waals surface area (Å²) in [5.41, 5.74) is 3.38. The van der Waals surface area contributed by atoms with Gasteiger partial charge in [-0.2, -0.15) is 0 Å². The summed E-state index contributed by atoms with van der Waals surface area (Å²) in [6, 6.07) is 14.7. The van der Waals surface area contributed by atoms with E-state index < -0.39 is 0 Å². The van der Waals surface area contributed by atoms with Crippen LogP contribution in [0.1, 0.15) is 53.6 Å². The Morgan fingerprint density at radius 1 is 0.968 bits per heavy atom. The van der Waals surface area contributed by atoms with Gasteiger partial charge >= 0.3 is 0 Å². The van der Waals surface area contributed by atoms with E-state index in [9.17, 15) is 4.79 Å². The number of hydrogen-bond acceptors (Lipinski definition) is 4. The average molecular weight is 420 g/mol. The number of fused-ring (bicyclic) bond motifs is 1. The predicted octanol–water partition coefficient (Wildman–Crippen LogP) is 5.14. The third-order valence-electron chi connectivity index (χ3n) is 7.24. The second-order valence-electron chi connectivity index (χ2n) is 9.62. The molecule has 2 aliphatic carbocycles. The number of Topliss-reactive ketones (excluding diaryl/α,β-unsaturated/α-hetero) is 1. The maximum Gasteiger partial charge on any atom is 0.166 e. The fourth-order valence-electron chi connectivity index (χ4n) is 5.16. The van der Waals surface area contributed by atoms with Crippen LogP contribution < -0.4 is 9.47 Å². The molecule has 1 atom stereocenters. The van der Waals surface area contributed by atoms with Gasteiger partial charge in [-0.05, 0) is 86.7 Å². The number of ketones is 1. The lowest BCUT2D eigenvalue weighted by atomic mass is 9.85. The number of ether oxygens (including phenoxy) is 2. The van der Waals surface area contributed by atoms with Crippen LogP contribution in [0, 0.1) is 17.8 Å². The van der Waals surface area contributed by atoms with Gasteiger partial charge in [0.2, 0.25) is 0 Å². The summed E-state index contributed by atoms with van der Waals surface area (Å²) in [7, 11) is 1.66. The molecule has 3 aliphatic rings. The van der Waals surface area contributed by atoms with Crippen molar-refractivity contribution in [2.75, 3.05) is 26.8 Å². The standard InChI is InChI=1S/C27H33NO3/c1-30-25-16-24-22(15-26(25)31-18-21-7-8-21)14-23(27(24)29)13-19-9-11-28(12-10-19)17-20-5-3-2-4-6-20/h2-6,15-16,19,21,23H,7-14,17-18H2,1H3. The van der Waals surface area contributed by atoms with Crippen LogP contribution in [-0.2, 0) is 13.0 Å². The average Bonchev–Trinajstić information content (AvgIpc) is 3.58. The van der Waals surface area contributed by atoms with E-state index in [2.05, 4.69) is 41.3 Å². The third-order valence-corrected chi connectivity index (χ3v) is 7.24. The maximum absolute atomic E-state index is 13.1. The summed E-state index contributed by atoms with van der Waals surface area (Å²) < 4.78 is 11.6. The lowest BCUT2D eigenvalue weighted by Gasteiger charge is -2.32. The second-order valence-corrected chi connectivity index (χ2v) is 9.62. The van der Waals surface area contributed by atoms with E-state index in [-0.39, 0.29) is 5.92 Å². The van der Waals surface area contributed by atoms with E-state index in [1.165, 1.54) is 31.2 Å². The van der Waals surface area contributed by atoms with Gasteiger partial charge in [-0.25, -0.2) is 0 Å². The third kappa shape index (κ3) is 4.79. The number of methoxy groups -OCH3 is 1. The molecular weight excluding hydrogens is 386 g/mol. The topological polar surface area (TPSA) is 38.8 Å². The van der Waals surface area contributed by atoms with Gasteiger partial charge in [-0.15, -0.1) is 0 Å². The molecule has 1 saturated carbocycles. The van der Waals surface area contributed by atoms with Crippen molar-refractivity contribution in [3.05, 3.63) is 59.2 Å². The Kier molecular flexibility index (Phi) is 5.99. The van der Waals surface area contributed by atoms with Gasteiger partial charge in [0, 0.05) is 18.0 Å². The molecule has 31 heavy (non-hydrogen) atoms. The predicted molar refractivity (Wildman–Crippen MR) is 122 cm³/mol. The summed E-state index contributed by atoms with van der Waals surface area (Å²) in [5.74, 6) is 3.25. The highest BCUT2D eigenvalue weighted by Crippen LogP contribution is 2.40. The van der Waals surface area contributed by atoms with Crippen LogP contribution in [0.5, 0.6) is 11.5 Å². The first-order valence-electron chi connectivity index (χ1n) is 11.8. The van der Waals surface area contributed by atoms with Crippen LogP contribution in [0.3, 0.4) is 0 Å². The molecule has 1 unspecified atom stereocenters. The zero-order chi connectivity index (χ0) is 21.2. The maximum atomic E-state index is 13.1. The highest BCUT2D eigenvalue weighted by atomic mass is 16.5. The van der Waals surface area contributed by atoms with Crippen molar-refractivity contribution in [3.8, 4) is 11.5 Å². The molecule has 164 valence electrons. The van der Waals surface area contributed by atoms with Gasteiger partial charge < -0.3 is 9.47 Å². The minimum atomic E-state index is 0.115. The summed E-state index contributed by atoms with van der Waals surface area (Å²) in [5, 5.41) is 0. The monoisotopic (exact) mass is 419 g/mol. The number of rotatable bonds is 8. The molecule has 2 aromatic carbocycles. The highest BCUT2D eigenvalue weighted by Gasteiger charge is 2.35. The summed E-state index contributed by atoms with van der Waals surface area (Å²) in [6.07, 6.45) is 6.75. The zero-order valence-corrected chi connectivity index (χ0v) is 18.5. The molecule has 0 radical (unpaired) electrons. The molecule has 2 fully saturated rings. The Hall–Kier alpha value is -2.33. The lowest BCUT2D eigenvalue weighted by molar-refractivity contribution is 0.0895. The van der Waals surface area contributed by atoms with E-state index in [1.807, 2.05) is 6.07 Å². The Bertz CT molecular complexity index is 914. The Labute approximate surface area is 185 Å². The van der Waals surface area contributed by atoms with Crippen molar-refractivity contribution in [2.45, 2.75) is 45.1 Å². The number of likely N-dealkylation sites (tertiary alicyclic amines) is 1. The largest absolute Gasteiger partial charge is 0.493 e. The number of piperidine rings is 1. The number of carbonyl (C=O) groups excluding carboxylic acids is 1. The first kappa shape index (κ1) is 20.6. The molecule has 2 aromatic rings. The number of hydrogen-bond donors (Lipinski definition) is 0. The van der Waals surface area contributed by atoms with Crippen LogP contribution in [-0.4, -0.2) is 37.5 Å². The van der Waals surface area contributed by atoms with Crippen molar-refractivity contribution < 1.29 is 14.3 Å². The van der Waals surface area contributed by atoms with Crippen molar-refractivity contribution in [3.63, 3.8) is 0 Å². The SMILES string of the molecule is COc1cc2c(cc1OCC1CC1)CC(CC1CCN(Cc3ccccc3)CC1)C2=O. The molecule has 0 amide bonds. The Balaban J connectivity index is 1.17. The van der Waals surface area contributed by atoms with Crippen molar-refractivity contribution in [1.29, 1.82) is 0 Å². The Morgan fingerprint density at radius 2 is 1.74 bits per heavy atom. The van der Waals surface area contributed by atoms with E-state index in [1.54, 1.807) is 7.11 Å². The first-order chi connectivity index (χ1) is 15.2. The van der Waals surface area contributed by atoms with E-state index in [0.29, 0.717) is 23.4 Å². The van der Waals surface area contributed by atoms with Crippen molar-refractivity contribution in [1.82, 2.24) is 4.90 Å². The van der Waals surface area contributed by atoms with Gasteiger partial charge in [0.05, 0.1) is 13.7 Å². The first-order valence-corrected chi connectivity index (χ1v) is 11.8. The number of nitrogens with zero attached hydrogens (tertiary/aromatic N) is 1. The molecular formula is C27H33NO3. The summed E-state index contributed by atoms with van der Waals surface area (Å²) >= 11 is 0. The molecule has 0 aromatic heterocycles. The van der Waals surface area contributed by atoms with Crippen LogP contribution in [0.4, 0.5) is 0 Å². The van der Waals surface area contributed by atoms with Crippen LogP contribution in [0.2, 0.25) is 0 Å². The molecule has 1 heterocycles. The lowest BCUT2D eigenvalue weighted by Crippen LogP contribution is -2.34. The normalized spacial score (nSPS) is 21.8. The quantitative estimate of drug-likeness (QED) is 0.594. The van der Waals surface area contributed by atoms with Crippen LogP contribution >= 0.6 is 0 Å². The van der Waals surface area contributed by atoms with E-state index in [0.717, 1.165) is 56.0 Å². The zero-order valence-electron chi connectivity index (χ0n) is 18.5. The molecule has 5 rings (SSSR count). The molecule has 0 spiro atoms. The van der Waals surface area contributed by atoms with Gasteiger partial charge in [-0.3, -0.25) is 9.69 Å². The van der Waals surface area contributed by atoms with Gasteiger partial charge in [0.25, 0.3) is 0 Å². The second kappa shape index (κ2) is 9.04. The molecule has 0 N–H and O–H groups in total. The summed E-state index contributed by atoms with van der Waals surface area (Å²) in [4.78, 5) is 15.7. The fraction of sp³-hybridized carbons (Fsp3) is 0.519. The van der Waals surface area contributed by atoms with Gasteiger partial charge in [0.15, 0.2) is 17.3 Å². The molecule has 4 heteroatoms. The van der Waals surface area contributed by atoms with Crippen LogP contribution in [0.25, 0.3) is 0 Å². The van der Waals surface area contributed by atoms with Gasteiger partial charge in [-0.1, -0.05) is 30.3 Å². The number of benzene rings is 2. The summed E-state index contributed by atoms with van der Waals surface area (Å²) in [6.45, 7) is 4.04. The molecule has 1 aliphatic heterocycles. The van der Waals surface area contributed by atoms with E-state index in [4.69, 9.17) is 9.47 Å². The molecule has 0 bridgehead atoms. The van der Waals surface area contributed by atoms with Crippen molar-refractivity contribution >= 4 is 5.78 Å². The molecule has 4 nitrogen and oxygen atoms in total. The molecule has 1 saturated heterocycles. The minimum absolute atomic E-state index is 0.115. The number of carbonyl (C=O) groups is 1.